The molecule has 104 valence electrons. The summed E-state index contributed by atoms with van der Waals surface area (Å²) in [4.78, 5) is 12.5. The predicted octanol–water partition coefficient (Wildman–Crippen LogP) is 3.79. The second kappa shape index (κ2) is 6.53. The van der Waals surface area contributed by atoms with Crippen molar-refractivity contribution in [1.29, 1.82) is 5.26 Å². The highest BCUT2D eigenvalue weighted by molar-refractivity contribution is 6.15. The summed E-state index contributed by atoms with van der Waals surface area (Å²) in [5.74, 6) is 0.129. The normalized spacial score (nSPS) is 10.8. The van der Waals surface area contributed by atoms with E-state index in [2.05, 4.69) is 0 Å². The first-order valence-corrected chi connectivity index (χ1v) is 6.52. The van der Waals surface area contributed by atoms with Crippen LogP contribution in [0.2, 0.25) is 0 Å². The number of hydrogen-bond acceptors (Lipinski definition) is 3. The fraction of sp³-hybridized carbons (Fsp3) is 0.111. The Labute approximate surface area is 124 Å². The van der Waals surface area contributed by atoms with Crippen LogP contribution in [0.5, 0.6) is 5.75 Å². The smallest absolute Gasteiger partial charge is 0.207 e. The van der Waals surface area contributed by atoms with Gasteiger partial charge in [-0.3, -0.25) is 4.79 Å². The molecule has 0 aliphatic carbocycles. The molecule has 0 heterocycles. The molecule has 0 amide bonds. The summed E-state index contributed by atoms with van der Waals surface area (Å²) < 4.78 is 5.17. The standard InChI is InChI=1S/C18H15NO2/c1-13-6-5-7-14(10-13)11-15(12-19)18(20)16-8-3-4-9-17(16)21-2/h3-11H,1-2H3/b15-11+. The minimum Gasteiger partial charge on any atom is -0.496 e. The highest BCUT2D eigenvalue weighted by Gasteiger charge is 2.16. The van der Waals surface area contributed by atoms with Gasteiger partial charge in [-0.1, -0.05) is 42.0 Å². The highest BCUT2D eigenvalue weighted by Crippen LogP contribution is 2.22. The maximum Gasteiger partial charge on any atom is 0.207 e. The van der Waals surface area contributed by atoms with Crippen LogP contribution in [0.4, 0.5) is 0 Å². The van der Waals surface area contributed by atoms with E-state index in [1.165, 1.54) is 7.11 Å². The summed E-state index contributed by atoms with van der Waals surface area (Å²) in [6.07, 6.45) is 1.60. The third kappa shape index (κ3) is 3.37. The number of allylic oxidation sites excluding steroid dienone is 1. The average molecular weight is 277 g/mol. The van der Waals surface area contributed by atoms with Crippen LogP contribution in [0.25, 0.3) is 6.08 Å². The van der Waals surface area contributed by atoms with Gasteiger partial charge in [0.15, 0.2) is 0 Å². The molecular weight excluding hydrogens is 262 g/mol. The zero-order chi connectivity index (χ0) is 15.2. The molecule has 0 unspecified atom stereocenters. The van der Waals surface area contributed by atoms with Gasteiger partial charge in [-0.2, -0.15) is 5.26 Å². The quantitative estimate of drug-likeness (QED) is 0.485. The third-order valence-corrected chi connectivity index (χ3v) is 3.07. The van der Waals surface area contributed by atoms with E-state index in [4.69, 9.17) is 4.74 Å². The molecule has 0 atom stereocenters. The van der Waals surface area contributed by atoms with Crippen molar-refractivity contribution in [2.45, 2.75) is 6.92 Å². The van der Waals surface area contributed by atoms with E-state index in [1.54, 1.807) is 30.3 Å². The number of ether oxygens (including phenoxy) is 1. The van der Waals surface area contributed by atoms with Crippen LogP contribution in [-0.2, 0) is 0 Å². The Morgan fingerprint density at radius 2 is 1.95 bits per heavy atom. The lowest BCUT2D eigenvalue weighted by atomic mass is 10.0. The van der Waals surface area contributed by atoms with E-state index in [1.807, 2.05) is 37.3 Å². The Hall–Kier alpha value is -2.86. The number of carbonyl (C=O) groups excluding carboxylic acids is 1. The molecule has 3 heteroatoms. The van der Waals surface area contributed by atoms with Crippen molar-refractivity contribution in [3.63, 3.8) is 0 Å². The van der Waals surface area contributed by atoms with Crippen LogP contribution in [0, 0.1) is 18.3 Å². The highest BCUT2D eigenvalue weighted by atomic mass is 16.5. The molecule has 21 heavy (non-hydrogen) atoms. The lowest BCUT2D eigenvalue weighted by molar-refractivity contribution is 0.103. The topological polar surface area (TPSA) is 50.1 Å². The zero-order valence-electron chi connectivity index (χ0n) is 12.0. The molecule has 0 aliphatic heterocycles. The summed E-state index contributed by atoms with van der Waals surface area (Å²) in [7, 11) is 1.50. The predicted molar refractivity (Wildman–Crippen MR) is 82.1 cm³/mol. The van der Waals surface area contributed by atoms with Crippen molar-refractivity contribution in [1.82, 2.24) is 0 Å². The van der Waals surface area contributed by atoms with Gasteiger partial charge in [0, 0.05) is 0 Å². The SMILES string of the molecule is COc1ccccc1C(=O)/C(C#N)=C/c1cccc(C)c1. The van der Waals surface area contributed by atoms with Crippen LogP contribution in [0.3, 0.4) is 0 Å². The van der Waals surface area contributed by atoms with E-state index in [0.29, 0.717) is 11.3 Å². The molecular formula is C18H15NO2. The summed E-state index contributed by atoms with van der Waals surface area (Å²) in [6, 6.07) is 16.5. The van der Waals surface area contributed by atoms with Crippen LogP contribution < -0.4 is 4.74 Å². The number of rotatable bonds is 4. The van der Waals surface area contributed by atoms with Gasteiger partial charge in [-0.05, 0) is 30.7 Å². The molecule has 0 radical (unpaired) electrons. The minimum atomic E-state index is -0.337. The molecule has 0 spiro atoms. The number of carbonyl (C=O) groups is 1. The number of benzene rings is 2. The number of Topliss-reactive ketones (excluding diaryl/α,β-unsaturated/α-hetero) is 1. The van der Waals surface area contributed by atoms with Crippen molar-refractivity contribution in [3.8, 4) is 11.8 Å². The maximum absolute atomic E-state index is 12.5. The molecule has 0 aromatic heterocycles. The summed E-state index contributed by atoms with van der Waals surface area (Å²) in [5, 5.41) is 9.27. The number of hydrogen-bond donors (Lipinski definition) is 0. The second-order valence-corrected chi connectivity index (χ2v) is 4.61. The average Bonchev–Trinajstić information content (AvgIpc) is 2.52. The van der Waals surface area contributed by atoms with Crippen LogP contribution in [-0.4, -0.2) is 12.9 Å². The number of methoxy groups -OCH3 is 1. The number of aryl methyl sites for hydroxylation is 1. The van der Waals surface area contributed by atoms with Gasteiger partial charge in [0.1, 0.15) is 17.4 Å². The van der Waals surface area contributed by atoms with Gasteiger partial charge in [-0.25, -0.2) is 0 Å². The van der Waals surface area contributed by atoms with Crippen LogP contribution in [0.15, 0.2) is 54.1 Å². The molecule has 2 aromatic rings. The van der Waals surface area contributed by atoms with Crippen LogP contribution >= 0.6 is 0 Å². The third-order valence-electron chi connectivity index (χ3n) is 3.07. The van der Waals surface area contributed by atoms with Crippen molar-refractivity contribution in [2.24, 2.45) is 0 Å². The van der Waals surface area contributed by atoms with E-state index in [0.717, 1.165) is 11.1 Å². The molecule has 0 N–H and O–H groups in total. The summed E-state index contributed by atoms with van der Waals surface area (Å²) in [6.45, 7) is 1.96. The first-order chi connectivity index (χ1) is 10.2. The molecule has 0 aliphatic rings. The Morgan fingerprint density at radius 1 is 1.19 bits per heavy atom. The maximum atomic E-state index is 12.5. The Kier molecular flexibility index (Phi) is 4.53. The van der Waals surface area contributed by atoms with E-state index in [-0.39, 0.29) is 11.4 Å². The van der Waals surface area contributed by atoms with Crippen molar-refractivity contribution >= 4 is 11.9 Å². The summed E-state index contributed by atoms with van der Waals surface area (Å²) >= 11 is 0. The second-order valence-electron chi connectivity index (χ2n) is 4.61. The monoisotopic (exact) mass is 277 g/mol. The lowest BCUT2D eigenvalue weighted by Gasteiger charge is -2.06. The molecule has 3 nitrogen and oxygen atoms in total. The largest absolute Gasteiger partial charge is 0.496 e. The Morgan fingerprint density at radius 3 is 2.62 bits per heavy atom. The Balaban J connectivity index is 2.42. The van der Waals surface area contributed by atoms with Gasteiger partial charge >= 0.3 is 0 Å². The van der Waals surface area contributed by atoms with Crippen LogP contribution in [0.1, 0.15) is 21.5 Å². The Bertz CT molecular complexity index is 739. The zero-order valence-corrected chi connectivity index (χ0v) is 12.0. The molecule has 2 aromatic carbocycles. The minimum absolute atomic E-state index is 0.0881. The lowest BCUT2D eigenvalue weighted by Crippen LogP contribution is -2.04. The van der Waals surface area contributed by atoms with E-state index < -0.39 is 0 Å². The van der Waals surface area contributed by atoms with Gasteiger partial charge < -0.3 is 4.74 Å². The summed E-state index contributed by atoms with van der Waals surface area (Å²) in [5.41, 5.74) is 2.38. The van der Waals surface area contributed by atoms with Crippen molar-refractivity contribution < 1.29 is 9.53 Å². The molecule has 0 bridgehead atoms. The van der Waals surface area contributed by atoms with Gasteiger partial charge in [-0.15, -0.1) is 0 Å². The fourth-order valence-corrected chi connectivity index (χ4v) is 2.05. The van der Waals surface area contributed by atoms with Crippen molar-refractivity contribution in [2.75, 3.05) is 7.11 Å². The molecule has 0 saturated heterocycles. The fourth-order valence-electron chi connectivity index (χ4n) is 2.05. The number of nitriles is 1. The molecule has 2 rings (SSSR count). The van der Waals surface area contributed by atoms with E-state index >= 15 is 0 Å². The van der Waals surface area contributed by atoms with Gasteiger partial charge in [0.05, 0.1) is 12.7 Å². The van der Waals surface area contributed by atoms with Gasteiger partial charge in [0.2, 0.25) is 5.78 Å². The molecule has 0 fully saturated rings. The van der Waals surface area contributed by atoms with Crippen molar-refractivity contribution in [3.05, 3.63) is 70.8 Å². The number of ketones is 1. The first-order valence-electron chi connectivity index (χ1n) is 6.52. The number of para-hydroxylation sites is 1. The van der Waals surface area contributed by atoms with Gasteiger partial charge in [0.25, 0.3) is 0 Å². The van der Waals surface area contributed by atoms with E-state index in [9.17, 15) is 10.1 Å². The molecule has 0 saturated carbocycles. The number of nitrogens with zero attached hydrogens (tertiary/aromatic N) is 1. The first kappa shape index (κ1) is 14.5.